The van der Waals surface area contributed by atoms with Gasteiger partial charge in [-0.2, -0.15) is 0 Å². The molecule has 0 radical (unpaired) electrons. The highest BCUT2D eigenvalue weighted by Crippen LogP contribution is 2.40. The summed E-state index contributed by atoms with van der Waals surface area (Å²) >= 11 is 0. The molecule has 1 aromatic rings. The van der Waals surface area contributed by atoms with Crippen LogP contribution in [0.25, 0.3) is 0 Å². The number of pyridine rings is 1. The number of aromatic nitrogens is 1. The van der Waals surface area contributed by atoms with Crippen molar-refractivity contribution in [3.05, 3.63) is 23.4 Å². The Morgan fingerprint density at radius 1 is 1.30 bits per heavy atom. The Kier molecular flexibility index (Phi) is 3.19. The van der Waals surface area contributed by atoms with E-state index in [9.17, 15) is 4.79 Å². The normalized spacial score (nSPS) is 27.9. The summed E-state index contributed by atoms with van der Waals surface area (Å²) in [7, 11) is 0. The minimum absolute atomic E-state index is 0.168. The van der Waals surface area contributed by atoms with Gasteiger partial charge < -0.3 is 9.47 Å². The molecule has 3 rings (SSSR count). The first kappa shape index (κ1) is 13.4. The number of hydrogen-bond donors (Lipinski definition) is 0. The smallest absolute Gasteiger partial charge is 0.344 e. The molecule has 0 saturated heterocycles. The van der Waals surface area contributed by atoms with Crippen LogP contribution in [0.15, 0.2) is 12.3 Å². The number of carbonyl (C=O) groups excluding carboxylic acids is 1. The Morgan fingerprint density at radius 3 is 2.70 bits per heavy atom. The Balaban J connectivity index is 1.85. The lowest BCUT2D eigenvalue weighted by Crippen LogP contribution is -2.24. The Morgan fingerprint density at radius 2 is 2.00 bits per heavy atom. The van der Waals surface area contributed by atoms with Crippen LogP contribution < -0.4 is 4.74 Å². The molecule has 0 N–H and O–H groups in total. The second kappa shape index (κ2) is 4.76. The van der Waals surface area contributed by atoms with Gasteiger partial charge in [-0.25, -0.2) is 9.78 Å². The number of cyclic esters (lactones) is 1. The van der Waals surface area contributed by atoms with E-state index in [0.717, 1.165) is 24.3 Å². The fourth-order valence-electron chi connectivity index (χ4n) is 3.07. The van der Waals surface area contributed by atoms with Crippen LogP contribution in [-0.4, -0.2) is 17.1 Å². The number of rotatable bonds is 2. The molecular weight excluding hydrogens is 254 g/mol. The summed E-state index contributed by atoms with van der Waals surface area (Å²) in [6, 6.07) is 1.84. The molecule has 108 valence electrons. The first-order valence-electron chi connectivity index (χ1n) is 7.37. The standard InChI is InChI=1S/C16H21NO3/c1-10-4-6-11(7-5-10)19-14-13-12(8-9-17-14)16(2,3)20-15(13)18/h8-11H,4-7H2,1-3H3/t10-,11-. The van der Waals surface area contributed by atoms with Gasteiger partial charge in [-0.15, -0.1) is 0 Å². The van der Waals surface area contributed by atoms with Gasteiger partial charge in [0.15, 0.2) is 0 Å². The summed E-state index contributed by atoms with van der Waals surface area (Å²) in [5.74, 6) is 0.892. The molecule has 4 nitrogen and oxygen atoms in total. The lowest BCUT2D eigenvalue weighted by Gasteiger charge is -2.26. The van der Waals surface area contributed by atoms with Gasteiger partial charge in [0.25, 0.3) is 0 Å². The highest BCUT2D eigenvalue weighted by atomic mass is 16.6. The van der Waals surface area contributed by atoms with Crippen LogP contribution >= 0.6 is 0 Å². The van der Waals surface area contributed by atoms with E-state index in [0.29, 0.717) is 11.4 Å². The van der Waals surface area contributed by atoms with Crippen molar-refractivity contribution in [2.75, 3.05) is 0 Å². The minimum atomic E-state index is -0.589. The van der Waals surface area contributed by atoms with Crippen molar-refractivity contribution in [1.29, 1.82) is 0 Å². The monoisotopic (exact) mass is 275 g/mol. The van der Waals surface area contributed by atoms with Gasteiger partial charge in [0.1, 0.15) is 17.3 Å². The molecule has 1 aromatic heterocycles. The zero-order valence-electron chi connectivity index (χ0n) is 12.3. The minimum Gasteiger partial charge on any atom is -0.474 e. The maximum Gasteiger partial charge on any atom is 0.344 e. The average Bonchev–Trinajstić information content (AvgIpc) is 2.64. The van der Waals surface area contributed by atoms with Gasteiger partial charge in [0, 0.05) is 11.8 Å². The van der Waals surface area contributed by atoms with E-state index in [-0.39, 0.29) is 12.1 Å². The van der Waals surface area contributed by atoms with Crippen LogP contribution in [0.2, 0.25) is 0 Å². The molecular formula is C16H21NO3. The van der Waals surface area contributed by atoms with Crippen LogP contribution in [0.5, 0.6) is 5.88 Å². The second-order valence-electron chi connectivity index (χ2n) is 6.44. The van der Waals surface area contributed by atoms with Crippen molar-refractivity contribution >= 4 is 5.97 Å². The maximum absolute atomic E-state index is 12.1. The van der Waals surface area contributed by atoms with Crippen LogP contribution in [0.3, 0.4) is 0 Å². The Hall–Kier alpha value is -1.58. The zero-order valence-corrected chi connectivity index (χ0v) is 12.3. The highest BCUT2D eigenvalue weighted by Gasteiger charge is 2.41. The lowest BCUT2D eigenvalue weighted by atomic mass is 9.89. The van der Waals surface area contributed by atoms with E-state index in [1.165, 1.54) is 12.8 Å². The number of nitrogens with zero attached hydrogens (tertiary/aromatic N) is 1. The lowest BCUT2D eigenvalue weighted by molar-refractivity contribution is 0.00933. The molecule has 0 atom stereocenters. The van der Waals surface area contributed by atoms with Gasteiger partial charge in [-0.1, -0.05) is 6.92 Å². The van der Waals surface area contributed by atoms with E-state index >= 15 is 0 Å². The first-order chi connectivity index (χ1) is 9.47. The van der Waals surface area contributed by atoms with Crippen molar-refractivity contribution in [3.63, 3.8) is 0 Å². The molecule has 0 spiro atoms. The van der Waals surface area contributed by atoms with E-state index in [1.54, 1.807) is 6.20 Å². The Bertz CT molecular complexity index is 531. The molecule has 2 aliphatic rings. The predicted molar refractivity (Wildman–Crippen MR) is 74.7 cm³/mol. The molecule has 0 unspecified atom stereocenters. The fraction of sp³-hybridized carbons (Fsp3) is 0.625. The third-order valence-corrected chi connectivity index (χ3v) is 4.36. The molecule has 0 amide bonds. The third-order valence-electron chi connectivity index (χ3n) is 4.36. The van der Waals surface area contributed by atoms with Gasteiger partial charge in [-0.3, -0.25) is 0 Å². The van der Waals surface area contributed by atoms with Crippen molar-refractivity contribution in [2.24, 2.45) is 5.92 Å². The quantitative estimate of drug-likeness (QED) is 0.776. The number of esters is 1. The van der Waals surface area contributed by atoms with E-state index in [4.69, 9.17) is 9.47 Å². The third kappa shape index (κ3) is 2.28. The molecule has 2 heterocycles. The topological polar surface area (TPSA) is 48.4 Å². The molecule has 0 aromatic carbocycles. The SMILES string of the molecule is CC1(C)OC(=O)c2c1ccnc2O[C@H]1CC[C@H](C)CC1. The number of fused-ring (bicyclic) bond motifs is 1. The summed E-state index contributed by atoms with van der Waals surface area (Å²) in [5, 5.41) is 0. The van der Waals surface area contributed by atoms with Crippen LogP contribution in [0.1, 0.15) is 62.4 Å². The van der Waals surface area contributed by atoms with Crippen LogP contribution in [-0.2, 0) is 10.3 Å². The van der Waals surface area contributed by atoms with Gasteiger partial charge in [0.05, 0.1) is 0 Å². The van der Waals surface area contributed by atoms with Gasteiger partial charge in [-0.05, 0) is 51.5 Å². The number of hydrogen-bond acceptors (Lipinski definition) is 4. The van der Waals surface area contributed by atoms with Crippen LogP contribution in [0, 0.1) is 5.92 Å². The van der Waals surface area contributed by atoms with Crippen molar-refractivity contribution in [1.82, 2.24) is 4.98 Å². The maximum atomic E-state index is 12.1. The van der Waals surface area contributed by atoms with Crippen molar-refractivity contribution in [3.8, 4) is 5.88 Å². The zero-order chi connectivity index (χ0) is 14.3. The largest absolute Gasteiger partial charge is 0.474 e. The van der Waals surface area contributed by atoms with Crippen molar-refractivity contribution < 1.29 is 14.3 Å². The van der Waals surface area contributed by atoms with E-state index < -0.39 is 5.60 Å². The summed E-state index contributed by atoms with van der Waals surface area (Å²) < 4.78 is 11.4. The van der Waals surface area contributed by atoms with Crippen molar-refractivity contribution in [2.45, 2.75) is 58.2 Å². The molecule has 1 saturated carbocycles. The second-order valence-corrected chi connectivity index (χ2v) is 6.44. The molecule has 20 heavy (non-hydrogen) atoms. The first-order valence-corrected chi connectivity index (χ1v) is 7.37. The molecule has 1 aliphatic heterocycles. The molecule has 4 heteroatoms. The summed E-state index contributed by atoms with van der Waals surface area (Å²) in [6.07, 6.45) is 6.28. The summed E-state index contributed by atoms with van der Waals surface area (Å²) in [4.78, 5) is 16.3. The van der Waals surface area contributed by atoms with E-state index in [2.05, 4.69) is 11.9 Å². The average molecular weight is 275 g/mol. The number of carbonyl (C=O) groups is 1. The number of ether oxygens (including phenoxy) is 2. The summed E-state index contributed by atoms with van der Waals surface area (Å²) in [6.45, 7) is 6.06. The predicted octanol–water partition coefficient (Wildman–Crippen LogP) is 3.44. The highest BCUT2D eigenvalue weighted by molar-refractivity contribution is 5.96. The molecule has 0 bridgehead atoms. The van der Waals surface area contributed by atoms with Gasteiger partial charge in [0.2, 0.25) is 5.88 Å². The van der Waals surface area contributed by atoms with Crippen LogP contribution in [0.4, 0.5) is 0 Å². The Labute approximate surface area is 119 Å². The molecule has 1 fully saturated rings. The molecule has 1 aliphatic carbocycles. The summed E-state index contributed by atoms with van der Waals surface area (Å²) in [5.41, 5.74) is 0.793. The van der Waals surface area contributed by atoms with Gasteiger partial charge >= 0.3 is 5.97 Å². The fourth-order valence-corrected chi connectivity index (χ4v) is 3.07. The van der Waals surface area contributed by atoms with E-state index in [1.807, 2.05) is 19.9 Å².